The Morgan fingerprint density at radius 2 is 1.91 bits per heavy atom. The molecule has 1 saturated heterocycles. The first-order chi connectivity index (χ1) is 15.5. The summed E-state index contributed by atoms with van der Waals surface area (Å²) in [7, 11) is 1.54. The zero-order valence-corrected chi connectivity index (χ0v) is 18.0. The normalized spacial score (nSPS) is 23.2. The number of amides is 2. The topological polar surface area (TPSA) is 71.5 Å². The van der Waals surface area contributed by atoms with Crippen molar-refractivity contribution in [3.63, 3.8) is 0 Å². The van der Waals surface area contributed by atoms with Gasteiger partial charge in [-0.05, 0) is 73.4 Å². The van der Waals surface area contributed by atoms with Crippen LogP contribution in [-0.2, 0) is 16.1 Å². The van der Waals surface area contributed by atoms with Crippen LogP contribution in [0, 0.1) is 23.5 Å². The Hall–Kier alpha value is -2.87. The average molecular weight is 443 g/mol. The van der Waals surface area contributed by atoms with Crippen molar-refractivity contribution in [2.24, 2.45) is 11.8 Å². The highest BCUT2D eigenvalue weighted by Gasteiger charge is 2.37. The van der Waals surface area contributed by atoms with Gasteiger partial charge in [0.1, 0.15) is 11.6 Å². The van der Waals surface area contributed by atoms with Gasteiger partial charge in [0.25, 0.3) is 5.91 Å². The Balaban J connectivity index is 1.36. The molecule has 1 aromatic heterocycles. The lowest BCUT2D eigenvalue weighted by atomic mass is 9.78. The monoisotopic (exact) mass is 443 g/mol. The molecule has 1 aliphatic heterocycles. The number of pyridine rings is 1. The highest BCUT2D eigenvalue weighted by atomic mass is 19.1. The lowest BCUT2D eigenvalue weighted by molar-refractivity contribution is -0.183. The van der Waals surface area contributed by atoms with Crippen molar-refractivity contribution in [2.75, 3.05) is 13.7 Å². The molecule has 1 saturated carbocycles. The molecule has 2 heterocycles. The minimum Gasteiger partial charge on any atom is -0.355 e. The molecule has 2 fully saturated rings. The standard InChI is InChI=1S/C24H27F2N3O3/c1-27-23(30)17-6-7-21(26)18(11-17)10-15-2-4-16(5-3-15)24(31)29-22(8-9-32-29)19-12-20(25)14-28-13-19/h6-7,11-16,22H,2-5,8-10H2,1H3,(H,27,30)/t15?,16?,22-/m0/s1. The second kappa shape index (κ2) is 9.73. The van der Waals surface area contributed by atoms with Gasteiger partial charge in [-0.15, -0.1) is 0 Å². The molecule has 1 aliphatic carbocycles. The Morgan fingerprint density at radius 3 is 2.62 bits per heavy atom. The van der Waals surface area contributed by atoms with Gasteiger partial charge in [0.15, 0.2) is 0 Å². The van der Waals surface area contributed by atoms with E-state index in [0.717, 1.165) is 19.0 Å². The number of hydroxylamine groups is 2. The summed E-state index contributed by atoms with van der Waals surface area (Å²) in [6.07, 6.45) is 6.81. The molecule has 8 heteroatoms. The van der Waals surface area contributed by atoms with Gasteiger partial charge in [-0.1, -0.05) is 0 Å². The predicted molar refractivity (Wildman–Crippen MR) is 113 cm³/mol. The number of benzene rings is 1. The first-order valence-electron chi connectivity index (χ1n) is 11.0. The van der Waals surface area contributed by atoms with E-state index in [2.05, 4.69) is 10.3 Å². The molecule has 1 atom stereocenters. The summed E-state index contributed by atoms with van der Waals surface area (Å²) in [5.41, 5.74) is 1.61. The molecule has 2 aliphatic rings. The van der Waals surface area contributed by atoms with Gasteiger partial charge in [0, 0.05) is 31.1 Å². The summed E-state index contributed by atoms with van der Waals surface area (Å²) < 4.78 is 27.9. The number of halogens is 2. The number of carbonyl (C=O) groups is 2. The van der Waals surface area contributed by atoms with Crippen molar-refractivity contribution >= 4 is 11.8 Å². The zero-order valence-electron chi connectivity index (χ0n) is 18.0. The average Bonchev–Trinajstić information content (AvgIpc) is 3.30. The summed E-state index contributed by atoms with van der Waals surface area (Å²) in [6, 6.07) is 5.49. The third-order valence-electron chi connectivity index (χ3n) is 6.47. The first-order valence-corrected chi connectivity index (χ1v) is 11.0. The molecule has 0 unspecified atom stereocenters. The van der Waals surface area contributed by atoms with Crippen LogP contribution in [0.3, 0.4) is 0 Å². The van der Waals surface area contributed by atoms with Crippen LogP contribution in [0.1, 0.15) is 59.6 Å². The number of nitrogens with zero attached hydrogens (tertiary/aromatic N) is 2. The SMILES string of the molecule is CNC(=O)c1ccc(F)c(CC2CCC(C(=O)N3OCC[C@H]3c3cncc(F)c3)CC2)c1. The van der Waals surface area contributed by atoms with Gasteiger partial charge in [-0.3, -0.25) is 19.4 Å². The molecular formula is C24H27F2N3O3. The predicted octanol–water partition coefficient (Wildman–Crippen LogP) is 3.97. The number of rotatable bonds is 5. The Bertz CT molecular complexity index is 992. The van der Waals surface area contributed by atoms with Gasteiger partial charge in [-0.2, -0.15) is 0 Å². The van der Waals surface area contributed by atoms with E-state index in [1.54, 1.807) is 19.3 Å². The number of nitrogens with one attached hydrogen (secondary N) is 1. The molecule has 170 valence electrons. The van der Waals surface area contributed by atoms with Crippen LogP contribution in [0.15, 0.2) is 36.7 Å². The maximum atomic E-state index is 14.3. The molecule has 0 bridgehead atoms. The van der Waals surface area contributed by atoms with Gasteiger partial charge in [-0.25, -0.2) is 13.8 Å². The highest BCUT2D eigenvalue weighted by Crippen LogP contribution is 2.37. The van der Waals surface area contributed by atoms with Crippen LogP contribution in [0.25, 0.3) is 0 Å². The van der Waals surface area contributed by atoms with Crippen LogP contribution in [0.2, 0.25) is 0 Å². The van der Waals surface area contributed by atoms with Crippen molar-refractivity contribution in [1.29, 1.82) is 0 Å². The van der Waals surface area contributed by atoms with Crippen molar-refractivity contribution in [1.82, 2.24) is 15.4 Å². The van der Waals surface area contributed by atoms with Crippen LogP contribution in [0.4, 0.5) is 8.78 Å². The zero-order chi connectivity index (χ0) is 22.7. The summed E-state index contributed by atoms with van der Waals surface area (Å²) >= 11 is 0. The smallest absolute Gasteiger partial charge is 0.251 e. The van der Waals surface area contributed by atoms with Crippen molar-refractivity contribution in [3.05, 3.63) is 65.0 Å². The molecule has 2 amide bonds. The lowest BCUT2D eigenvalue weighted by Crippen LogP contribution is -2.36. The van der Waals surface area contributed by atoms with Crippen LogP contribution in [0.5, 0.6) is 0 Å². The number of carbonyl (C=O) groups excluding carboxylic acids is 2. The molecular weight excluding hydrogens is 416 g/mol. The van der Waals surface area contributed by atoms with Crippen LogP contribution in [-0.4, -0.2) is 35.5 Å². The van der Waals surface area contributed by atoms with Crippen molar-refractivity contribution < 1.29 is 23.2 Å². The fraction of sp³-hybridized carbons (Fsp3) is 0.458. The van der Waals surface area contributed by atoms with E-state index >= 15 is 0 Å². The number of hydrogen-bond acceptors (Lipinski definition) is 4. The van der Waals surface area contributed by atoms with Crippen LogP contribution < -0.4 is 5.32 Å². The van der Waals surface area contributed by atoms with Gasteiger partial charge in [0.05, 0.1) is 18.8 Å². The van der Waals surface area contributed by atoms with E-state index < -0.39 is 5.82 Å². The molecule has 4 rings (SSSR count). The van der Waals surface area contributed by atoms with Crippen molar-refractivity contribution in [2.45, 2.75) is 44.6 Å². The second-order valence-electron chi connectivity index (χ2n) is 8.55. The summed E-state index contributed by atoms with van der Waals surface area (Å²) in [5.74, 6) is -0.994. The molecule has 0 radical (unpaired) electrons. The Morgan fingerprint density at radius 1 is 1.12 bits per heavy atom. The molecule has 32 heavy (non-hydrogen) atoms. The largest absolute Gasteiger partial charge is 0.355 e. The van der Waals surface area contributed by atoms with E-state index in [1.807, 2.05) is 0 Å². The quantitative estimate of drug-likeness (QED) is 0.759. The minimum absolute atomic E-state index is 0.0805. The van der Waals surface area contributed by atoms with Crippen molar-refractivity contribution in [3.8, 4) is 0 Å². The van der Waals surface area contributed by atoms with E-state index in [1.165, 1.54) is 23.3 Å². The van der Waals surface area contributed by atoms with E-state index in [0.29, 0.717) is 49.0 Å². The fourth-order valence-corrected chi connectivity index (χ4v) is 4.72. The lowest BCUT2D eigenvalue weighted by Gasteiger charge is -2.32. The van der Waals surface area contributed by atoms with E-state index in [4.69, 9.17) is 4.84 Å². The van der Waals surface area contributed by atoms with E-state index in [-0.39, 0.29) is 35.5 Å². The number of hydrogen-bond donors (Lipinski definition) is 1. The summed E-state index contributed by atoms with van der Waals surface area (Å²) in [4.78, 5) is 34.5. The molecule has 1 aromatic carbocycles. The summed E-state index contributed by atoms with van der Waals surface area (Å²) in [5, 5.41) is 3.95. The van der Waals surface area contributed by atoms with Gasteiger partial charge < -0.3 is 5.32 Å². The molecule has 6 nitrogen and oxygen atoms in total. The molecule has 0 spiro atoms. The second-order valence-corrected chi connectivity index (χ2v) is 8.55. The molecule has 2 aromatic rings. The molecule has 1 N–H and O–H groups in total. The summed E-state index contributed by atoms with van der Waals surface area (Å²) in [6.45, 7) is 0.406. The number of aromatic nitrogens is 1. The van der Waals surface area contributed by atoms with Gasteiger partial charge in [0.2, 0.25) is 5.91 Å². The maximum Gasteiger partial charge on any atom is 0.251 e. The third kappa shape index (κ3) is 4.80. The Labute approximate surface area is 185 Å². The van der Waals surface area contributed by atoms with E-state index in [9.17, 15) is 18.4 Å². The highest BCUT2D eigenvalue weighted by molar-refractivity contribution is 5.94. The van der Waals surface area contributed by atoms with Crippen LogP contribution >= 0.6 is 0 Å². The first kappa shape index (κ1) is 22.3. The minimum atomic E-state index is -0.435. The Kier molecular flexibility index (Phi) is 6.79. The third-order valence-corrected chi connectivity index (χ3v) is 6.47. The fourth-order valence-electron chi connectivity index (χ4n) is 4.72. The van der Waals surface area contributed by atoms with Gasteiger partial charge >= 0.3 is 0 Å². The maximum absolute atomic E-state index is 14.3.